The van der Waals surface area contributed by atoms with Gasteiger partial charge in [-0.25, -0.2) is 0 Å². The van der Waals surface area contributed by atoms with Gasteiger partial charge in [0, 0.05) is 36.1 Å². The molecule has 0 aromatic heterocycles. The molecule has 7 N–H and O–H groups in total. The molecule has 190 valence electrons. The van der Waals surface area contributed by atoms with E-state index in [9.17, 15) is 5.26 Å². The predicted octanol–water partition coefficient (Wildman–Crippen LogP) is 4.48. The molecule has 0 saturated carbocycles. The molecule has 7 nitrogen and oxygen atoms in total. The van der Waals surface area contributed by atoms with Crippen molar-refractivity contribution in [3.05, 3.63) is 63.8 Å². The number of nitrogens with zero attached hydrogens (tertiary/aromatic N) is 2. The van der Waals surface area contributed by atoms with Crippen molar-refractivity contribution in [2.45, 2.75) is 70.2 Å². The average molecular weight is 487 g/mol. The summed E-state index contributed by atoms with van der Waals surface area (Å²) in [7, 11) is 0. The van der Waals surface area contributed by atoms with Crippen LogP contribution in [0.1, 0.15) is 70.1 Å². The first kappa shape index (κ1) is 25.9. The molecule has 1 aromatic carbocycles. The molecule has 3 aliphatic rings. The van der Waals surface area contributed by atoms with Gasteiger partial charge in [0.1, 0.15) is 11.8 Å². The Balaban J connectivity index is 1.92. The summed E-state index contributed by atoms with van der Waals surface area (Å²) in [4.78, 5) is 2.46. The van der Waals surface area contributed by atoms with E-state index >= 15 is 0 Å². The molecule has 0 amide bonds. The van der Waals surface area contributed by atoms with Crippen LogP contribution in [0.2, 0.25) is 0 Å². The Morgan fingerprint density at radius 2 is 1.83 bits per heavy atom. The Kier molecular flexibility index (Phi) is 6.74. The van der Waals surface area contributed by atoms with E-state index in [0.29, 0.717) is 11.3 Å². The lowest BCUT2D eigenvalue weighted by Crippen LogP contribution is -2.63. The zero-order valence-electron chi connectivity index (χ0n) is 21.8. The van der Waals surface area contributed by atoms with Crippen LogP contribution in [0.3, 0.4) is 0 Å². The first-order valence-corrected chi connectivity index (χ1v) is 12.6. The Morgan fingerprint density at radius 3 is 2.47 bits per heavy atom. The maximum absolute atomic E-state index is 9.41. The number of ether oxygens (including phenoxy) is 1. The van der Waals surface area contributed by atoms with Crippen LogP contribution in [-0.2, 0) is 10.8 Å². The fourth-order valence-electron chi connectivity index (χ4n) is 5.44. The van der Waals surface area contributed by atoms with Crippen LogP contribution >= 0.6 is 0 Å². The molecular formula is C29H38N6O. The molecule has 2 heterocycles. The van der Waals surface area contributed by atoms with Gasteiger partial charge in [0.2, 0.25) is 0 Å². The molecule has 7 heteroatoms. The Morgan fingerprint density at radius 1 is 1.14 bits per heavy atom. The second-order valence-corrected chi connectivity index (χ2v) is 11.4. The highest BCUT2D eigenvalue weighted by atomic mass is 16.5. The summed E-state index contributed by atoms with van der Waals surface area (Å²) >= 11 is 0. The second kappa shape index (κ2) is 9.36. The van der Waals surface area contributed by atoms with Gasteiger partial charge in [-0.1, -0.05) is 58.1 Å². The topological polar surface area (TPSA) is 138 Å². The highest BCUT2D eigenvalue weighted by Gasteiger charge is 2.43. The van der Waals surface area contributed by atoms with Gasteiger partial charge in [-0.3, -0.25) is 17.2 Å². The molecule has 1 aliphatic carbocycles. The quantitative estimate of drug-likeness (QED) is 0.275. The van der Waals surface area contributed by atoms with Crippen molar-refractivity contribution in [3.8, 4) is 11.8 Å². The minimum atomic E-state index is -1.82. The van der Waals surface area contributed by atoms with Gasteiger partial charge in [-0.05, 0) is 59.3 Å². The van der Waals surface area contributed by atoms with E-state index in [1.165, 1.54) is 11.3 Å². The van der Waals surface area contributed by atoms with Crippen LogP contribution in [0, 0.1) is 16.7 Å². The number of anilines is 1. The molecule has 0 saturated heterocycles. The van der Waals surface area contributed by atoms with Crippen molar-refractivity contribution in [3.63, 3.8) is 0 Å². The molecular weight excluding hydrogens is 448 g/mol. The Hall–Kier alpha value is -3.18. The van der Waals surface area contributed by atoms with Gasteiger partial charge in [0.05, 0.1) is 5.57 Å². The lowest BCUT2D eigenvalue weighted by atomic mass is 9.68. The largest absolute Gasteiger partial charge is 0.446 e. The molecule has 4 rings (SSSR count). The molecule has 1 aromatic rings. The van der Waals surface area contributed by atoms with Crippen LogP contribution in [0.25, 0.3) is 6.08 Å². The van der Waals surface area contributed by atoms with Crippen molar-refractivity contribution >= 4 is 18.0 Å². The van der Waals surface area contributed by atoms with Gasteiger partial charge < -0.3 is 15.0 Å². The third-order valence-corrected chi connectivity index (χ3v) is 7.59. The highest BCUT2D eigenvalue weighted by molar-refractivity contribution is 5.84. The van der Waals surface area contributed by atoms with Crippen molar-refractivity contribution in [2.24, 2.45) is 17.2 Å². The van der Waals surface area contributed by atoms with Crippen LogP contribution in [-0.4, -0.2) is 25.3 Å². The van der Waals surface area contributed by atoms with Gasteiger partial charge in [-0.15, -0.1) is 0 Å². The minimum Gasteiger partial charge on any atom is -0.446 e. The SMILES string of the molecule is CC1(C)CCN2CCC(C)(C)c3c(OC(N)(N)N)c(/C=C/C4=CC(=C(\C#N)C=N)/C=CCC4)cc1c32. The molecule has 0 radical (unpaired) electrons. The van der Waals surface area contributed by atoms with E-state index in [1.54, 1.807) is 0 Å². The Labute approximate surface area is 214 Å². The summed E-state index contributed by atoms with van der Waals surface area (Å²) < 4.78 is 6.11. The van der Waals surface area contributed by atoms with Gasteiger partial charge in [0.15, 0.2) is 0 Å². The summed E-state index contributed by atoms with van der Waals surface area (Å²) in [6, 6.07) is 4.31. The average Bonchev–Trinajstić information content (AvgIpc) is 3.02. The number of allylic oxidation sites excluding steroid dienone is 7. The van der Waals surface area contributed by atoms with Crippen LogP contribution in [0.15, 0.2) is 47.1 Å². The van der Waals surface area contributed by atoms with E-state index in [1.807, 2.05) is 24.3 Å². The number of nitrogens with two attached hydrogens (primary N) is 3. The normalized spacial score (nSPS) is 21.8. The van der Waals surface area contributed by atoms with E-state index in [2.05, 4.69) is 50.8 Å². The molecule has 0 fully saturated rings. The maximum Gasteiger partial charge on any atom is 0.271 e. The summed E-state index contributed by atoms with van der Waals surface area (Å²) in [5.41, 5.74) is 24.5. The highest BCUT2D eigenvalue weighted by Crippen LogP contribution is 2.54. The van der Waals surface area contributed by atoms with E-state index in [0.717, 1.165) is 67.3 Å². The van der Waals surface area contributed by atoms with Crippen molar-refractivity contribution < 1.29 is 4.74 Å². The van der Waals surface area contributed by atoms with E-state index in [4.69, 9.17) is 27.3 Å². The summed E-state index contributed by atoms with van der Waals surface area (Å²) in [5.74, 6) is -1.19. The zero-order chi connectivity index (χ0) is 26.3. The van der Waals surface area contributed by atoms with Crippen molar-refractivity contribution in [2.75, 3.05) is 18.0 Å². The van der Waals surface area contributed by atoms with E-state index in [-0.39, 0.29) is 10.8 Å². The summed E-state index contributed by atoms with van der Waals surface area (Å²) in [5, 5.41) is 17.0. The molecule has 0 atom stereocenters. The number of nitrogens with one attached hydrogen (secondary N) is 1. The van der Waals surface area contributed by atoms with Gasteiger partial charge in [-0.2, -0.15) is 5.26 Å². The first-order valence-electron chi connectivity index (χ1n) is 12.6. The van der Waals surface area contributed by atoms with Crippen molar-refractivity contribution in [1.29, 1.82) is 10.7 Å². The zero-order valence-corrected chi connectivity index (χ0v) is 21.8. The number of hydrogen-bond donors (Lipinski definition) is 4. The standard InChI is InChI=1S/C29H38N6O/c1-27(2)11-13-35-14-12-28(3,4)24-25(35)23(27)16-21(26(24)36-29(32,33)34)10-9-19-7-5-6-8-20(15-19)22(17-30)18-31/h6,8-10,15-17,30H,5,7,11-14,32-34H2,1-4H3/b10-9+,22-20-,30-17?. The minimum absolute atomic E-state index is 0.00737. The molecule has 0 bridgehead atoms. The second-order valence-electron chi connectivity index (χ2n) is 11.4. The molecule has 2 aliphatic heterocycles. The van der Waals surface area contributed by atoms with Crippen LogP contribution in [0.5, 0.6) is 5.75 Å². The Bertz CT molecular complexity index is 1230. The molecule has 0 unspecified atom stereocenters. The summed E-state index contributed by atoms with van der Waals surface area (Å²) in [6.07, 6.45) is 14.9. The van der Waals surface area contributed by atoms with Crippen LogP contribution in [0.4, 0.5) is 5.69 Å². The lowest BCUT2D eigenvalue weighted by molar-refractivity contribution is 0.0867. The third-order valence-electron chi connectivity index (χ3n) is 7.59. The molecule has 36 heavy (non-hydrogen) atoms. The fourth-order valence-corrected chi connectivity index (χ4v) is 5.44. The third kappa shape index (κ3) is 5.03. The first-order chi connectivity index (χ1) is 16.9. The monoisotopic (exact) mass is 486 g/mol. The van der Waals surface area contributed by atoms with Gasteiger partial charge >= 0.3 is 0 Å². The number of hydrogen-bond acceptors (Lipinski definition) is 7. The van der Waals surface area contributed by atoms with Gasteiger partial charge in [0.25, 0.3) is 5.97 Å². The molecule has 0 spiro atoms. The van der Waals surface area contributed by atoms with E-state index < -0.39 is 5.97 Å². The smallest absolute Gasteiger partial charge is 0.271 e. The number of nitriles is 1. The van der Waals surface area contributed by atoms with Crippen molar-refractivity contribution in [1.82, 2.24) is 0 Å². The summed E-state index contributed by atoms with van der Waals surface area (Å²) in [6.45, 7) is 11.1. The lowest BCUT2D eigenvalue weighted by Gasteiger charge is -2.49. The number of rotatable bonds is 5. The fraction of sp³-hybridized carbons (Fsp3) is 0.448. The maximum atomic E-state index is 9.41. The number of benzene rings is 1. The predicted molar refractivity (Wildman–Crippen MR) is 147 cm³/mol. The van der Waals surface area contributed by atoms with Crippen LogP contribution < -0.4 is 26.8 Å².